The number of halogens is 3. The van der Waals surface area contributed by atoms with Crippen LogP contribution in [0.2, 0.25) is 0 Å². The van der Waals surface area contributed by atoms with Crippen molar-refractivity contribution < 1.29 is 26.4 Å². The van der Waals surface area contributed by atoms with Crippen molar-refractivity contribution in [3.8, 4) is 0 Å². The average Bonchev–Trinajstić information content (AvgIpc) is 2.85. The van der Waals surface area contributed by atoms with Gasteiger partial charge in [-0.3, -0.25) is 4.79 Å². The molecule has 1 aromatic heterocycles. The number of carbonyl (C=O) groups excluding carboxylic acids is 1. The molecule has 5 nitrogen and oxygen atoms in total. The SMILES string of the molecule is Cc1c(C)n(C)c2ccc(C(=O)NS(=O)(=O)c3cccc(C(F)(F)F)c3)cc12. The molecule has 3 rings (SSSR count). The summed E-state index contributed by atoms with van der Waals surface area (Å²) in [6, 6.07) is 7.95. The zero-order valence-corrected chi connectivity index (χ0v) is 16.1. The molecule has 3 aromatic rings. The highest BCUT2D eigenvalue weighted by Crippen LogP contribution is 2.30. The van der Waals surface area contributed by atoms with E-state index >= 15 is 0 Å². The van der Waals surface area contributed by atoms with Gasteiger partial charge in [0.1, 0.15) is 0 Å². The van der Waals surface area contributed by atoms with Crippen molar-refractivity contribution in [2.45, 2.75) is 24.9 Å². The van der Waals surface area contributed by atoms with E-state index in [9.17, 15) is 26.4 Å². The van der Waals surface area contributed by atoms with Crippen molar-refractivity contribution in [2.24, 2.45) is 7.05 Å². The third kappa shape index (κ3) is 3.49. The van der Waals surface area contributed by atoms with Crippen LogP contribution in [0.4, 0.5) is 13.2 Å². The number of nitrogens with zero attached hydrogens (tertiary/aromatic N) is 1. The van der Waals surface area contributed by atoms with Gasteiger partial charge in [-0.05, 0) is 55.8 Å². The van der Waals surface area contributed by atoms with Gasteiger partial charge in [-0.25, -0.2) is 13.1 Å². The van der Waals surface area contributed by atoms with Crippen LogP contribution < -0.4 is 4.72 Å². The molecular formula is C19H17F3N2O3S. The predicted molar refractivity (Wildman–Crippen MR) is 98.5 cm³/mol. The van der Waals surface area contributed by atoms with Crippen LogP contribution in [0, 0.1) is 13.8 Å². The molecule has 0 saturated heterocycles. The molecule has 0 aliphatic rings. The Kier molecular flexibility index (Phi) is 4.74. The van der Waals surface area contributed by atoms with E-state index in [2.05, 4.69) is 0 Å². The number of rotatable bonds is 3. The van der Waals surface area contributed by atoms with E-state index < -0.39 is 32.6 Å². The fourth-order valence-electron chi connectivity index (χ4n) is 2.98. The highest BCUT2D eigenvalue weighted by atomic mass is 32.2. The minimum atomic E-state index is -4.69. The molecular weight excluding hydrogens is 393 g/mol. The van der Waals surface area contributed by atoms with E-state index in [0.29, 0.717) is 6.07 Å². The standard InChI is InChI=1S/C19H17F3N2O3S/c1-11-12(2)24(3)17-8-7-13(9-16(11)17)18(25)23-28(26,27)15-6-4-5-14(10-15)19(20,21)22/h4-10H,1-3H3,(H,23,25). The summed E-state index contributed by atoms with van der Waals surface area (Å²) < 4.78 is 67.0. The van der Waals surface area contributed by atoms with Gasteiger partial charge in [0, 0.05) is 29.2 Å². The Morgan fingerprint density at radius 2 is 1.75 bits per heavy atom. The summed E-state index contributed by atoms with van der Waals surface area (Å²) in [7, 11) is -2.58. The van der Waals surface area contributed by atoms with Crippen LogP contribution in [-0.2, 0) is 23.2 Å². The molecule has 1 amide bonds. The summed E-state index contributed by atoms with van der Waals surface area (Å²) in [6.45, 7) is 3.81. The highest BCUT2D eigenvalue weighted by Gasteiger charge is 2.32. The second kappa shape index (κ2) is 6.66. The number of amides is 1. The van der Waals surface area contributed by atoms with E-state index in [1.165, 1.54) is 6.07 Å². The molecule has 0 unspecified atom stereocenters. The van der Waals surface area contributed by atoms with Crippen LogP contribution in [0.1, 0.15) is 27.2 Å². The van der Waals surface area contributed by atoms with E-state index in [-0.39, 0.29) is 5.56 Å². The van der Waals surface area contributed by atoms with Gasteiger partial charge in [-0.1, -0.05) is 6.07 Å². The first-order valence-corrected chi connectivity index (χ1v) is 9.70. The Morgan fingerprint density at radius 3 is 2.39 bits per heavy atom. The maximum atomic E-state index is 12.8. The lowest BCUT2D eigenvalue weighted by Crippen LogP contribution is -2.30. The van der Waals surface area contributed by atoms with Gasteiger partial charge in [-0.2, -0.15) is 13.2 Å². The molecule has 1 N–H and O–H groups in total. The second-order valence-electron chi connectivity index (χ2n) is 6.46. The van der Waals surface area contributed by atoms with Gasteiger partial charge in [0.05, 0.1) is 10.5 Å². The monoisotopic (exact) mass is 410 g/mol. The number of hydrogen-bond acceptors (Lipinski definition) is 3. The molecule has 0 saturated carbocycles. The Balaban J connectivity index is 1.94. The zero-order chi connectivity index (χ0) is 20.9. The Hall–Kier alpha value is -2.81. The molecule has 0 atom stereocenters. The fourth-order valence-corrected chi connectivity index (χ4v) is 4.00. The predicted octanol–water partition coefficient (Wildman–Crippen LogP) is 3.93. The Labute approximate surface area is 159 Å². The van der Waals surface area contributed by atoms with Crippen LogP contribution in [-0.4, -0.2) is 18.9 Å². The molecule has 9 heteroatoms. The van der Waals surface area contributed by atoms with Crippen molar-refractivity contribution in [1.29, 1.82) is 0 Å². The third-order valence-corrected chi connectivity index (χ3v) is 6.10. The zero-order valence-electron chi connectivity index (χ0n) is 15.3. The summed E-state index contributed by atoms with van der Waals surface area (Å²) in [5.41, 5.74) is 1.82. The molecule has 0 aliphatic carbocycles. The molecule has 0 fully saturated rings. The van der Waals surface area contributed by atoms with E-state index in [1.54, 1.807) is 12.1 Å². The quantitative estimate of drug-likeness (QED) is 0.711. The van der Waals surface area contributed by atoms with Crippen molar-refractivity contribution in [3.05, 3.63) is 64.8 Å². The number of fused-ring (bicyclic) bond motifs is 1. The molecule has 0 bridgehead atoms. The Bertz CT molecular complexity index is 1200. The summed E-state index contributed by atoms with van der Waals surface area (Å²) >= 11 is 0. The molecule has 1 heterocycles. The van der Waals surface area contributed by atoms with Crippen molar-refractivity contribution in [3.63, 3.8) is 0 Å². The molecule has 28 heavy (non-hydrogen) atoms. The number of nitrogens with one attached hydrogen (secondary N) is 1. The first-order valence-electron chi connectivity index (χ1n) is 8.22. The number of alkyl halides is 3. The van der Waals surface area contributed by atoms with Gasteiger partial charge < -0.3 is 4.57 Å². The number of hydrogen-bond donors (Lipinski definition) is 1. The van der Waals surface area contributed by atoms with E-state index in [1.807, 2.05) is 30.2 Å². The van der Waals surface area contributed by atoms with E-state index in [0.717, 1.165) is 40.4 Å². The minimum Gasteiger partial charge on any atom is -0.348 e. The maximum Gasteiger partial charge on any atom is 0.416 e. The van der Waals surface area contributed by atoms with Crippen molar-refractivity contribution in [1.82, 2.24) is 9.29 Å². The van der Waals surface area contributed by atoms with Crippen LogP contribution in [0.5, 0.6) is 0 Å². The Morgan fingerprint density at radius 1 is 1.07 bits per heavy atom. The molecule has 0 aliphatic heterocycles. The number of aromatic nitrogens is 1. The van der Waals surface area contributed by atoms with Crippen LogP contribution in [0.25, 0.3) is 10.9 Å². The van der Waals surface area contributed by atoms with Crippen LogP contribution in [0.15, 0.2) is 47.4 Å². The van der Waals surface area contributed by atoms with Gasteiger partial charge in [-0.15, -0.1) is 0 Å². The number of sulfonamides is 1. The lowest BCUT2D eigenvalue weighted by Gasteiger charge is -2.10. The summed E-state index contributed by atoms with van der Waals surface area (Å²) in [4.78, 5) is 11.8. The summed E-state index contributed by atoms with van der Waals surface area (Å²) in [5.74, 6) is -0.916. The molecule has 2 aromatic carbocycles. The topological polar surface area (TPSA) is 68.2 Å². The largest absolute Gasteiger partial charge is 0.416 e. The first kappa shape index (κ1) is 19.9. The lowest BCUT2D eigenvalue weighted by atomic mass is 10.1. The second-order valence-corrected chi connectivity index (χ2v) is 8.14. The van der Waals surface area contributed by atoms with Crippen molar-refractivity contribution >= 4 is 26.8 Å². The lowest BCUT2D eigenvalue weighted by molar-refractivity contribution is -0.137. The fraction of sp³-hybridized carbons (Fsp3) is 0.211. The van der Waals surface area contributed by atoms with Crippen LogP contribution >= 0.6 is 0 Å². The van der Waals surface area contributed by atoms with Gasteiger partial charge in [0.15, 0.2) is 0 Å². The maximum absolute atomic E-state index is 12.8. The van der Waals surface area contributed by atoms with Gasteiger partial charge in [0.25, 0.3) is 15.9 Å². The van der Waals surface area contributed by atoms with Crippen LogP contribution in [0.3, 0.4) is 0 Å². The number of benzene rings is 2. The van der Waals surface area contributed by atoms with Crippen molar-refractivity contribution in [2.75, 3.05) is 0 Å². The smallest absolute Gasteiger partial charge is 0.348 e. The third-order valence-electron chi connectivity index (χ3n) is 4.77. The van der Waals surface area contributed by atoms with Gasteiger partial charge in [0.2, 0.25) is 0 Å². The van der Waals surface area contributed by atoms with E-state index in [4.69, 9.17) is 0 Å². The summed E-state index contributed by atoms with van der Waals surface area (Å²) in [5, 5.41) is 0.795. The highest BCUT2D eigenvalue weighted by molar-refractivity contribution is 7.90. The first-order chi connectivity index (χ1) is 12.9. The summed E-state index contributed by atoms with van der Waals surface area (Å²) in [6.07, 6.45) is -4.69. The minimum absolute atomic E-state index is 0.0942. The molecule has 148 valence electrons. The normalized spacial score (nSPS) is 12.4. The molecule has 0 spiro atoms. The number of aryl methyl sites for hydroxylation is 2. The molecule has 0 radical (unpaired) electrons. The van der Waals surface area contributed by atoms with Gasteiger partial charge >= 0.3 is 6.18 Å². The number of carbonyl (C=O) groups is 1. The average molecular weight is 410 g/mol.